The average molecular weight is 257 g/mol. The molecule has 0 N–H and O–H groups in total. The van der Waals surface area contributed by atoms with E-state index in [1.807, 2.05) is 42.1 Å². The topological polar surface area (TPSA) is 17.8 Å². The van der Waals surface area contributed by atoms with Gasteiger partial charge in [0.15, 0.2) is 0 Å². The number of halogens is 1. The second-order valence-electron chi connectivity index (χ2n) is 4.45. The Labute approximate surface area is 111 Å². The molecule has 3 aromatic rings. The fourth-order valence-electron chi connectivity index (χ4n) is 2.09. The van der Waals surface area contributed by atoms with E-state index >= 15 is 0 Å². The van der Waals surface area contributed by atoms with Gasteiger partial charge in [-0.2, -0.15) is 5.10 Å². The Morgan fingerprint density at radius 2 is 1.94 bits per heavy atom. The van der Waals surface area contributed by atoms with E-state index in [2.05, 4.69) is 23.3 Å². The number of fused-ring (bicyclic) bond motifs is 1. The Balaban J connectivity index is 2.05. The van der Waals surface area contributed by atoms with Gasteiger partial charge in [0.05, 0.1) is 18.3 Å². The van der Waals surface area contributed by atoms with E-state index in [-0.39, 0.29) is 0 Å². The van der Waals surface area contributed by atoms with E-state index in [0.29, 0.717) is 0 Å². The molecule has 0 aliphatic carbocycles. The van der Waals surface area contributed by atoms with Crippen LogP contribution in [0.2, 0.25) is 5.02 Å². The first kappa shape index (κ1) is 11.3. The quantitative estimate of drug-likeness (QED) is 0.676. The van der Waals surface area contributed by atoms with Crippen LogP contribution >= 0.6 is 11.6 Å². The van der Waals surface area contributed by atoms with Gasteiger partial charge in [0, 0.05) is 10.4 Å². The number of hydrogen-bond acceptors (Lipinski definition) is 1. The van der Waals surface area contributed by atoms with Crippen LogP contribution in [0.5, 0.6) is 0 Å². The normalized spacial score (nSPS) is 11.0. The summed E-state index contributed by atoms with van der Waals surface area (Å²) in [5.41, 5.74) is 3.45. The van der Waals surface area contributed by atoms with Gasteiger partial charge in [-0.15, -0.1) is 0 Å². The highest BCUT2D eigenvalue weighted by molar-refractivity contribution is 6.32. The van der Waals surface area contributed by atoms with Crippen LogP contribution in [0.15, 0.2) is 48.7 Å². The predicted octanol–water partition coefficient (Wildman–Crippen LogP) is 4.05. The summed E-state index contributed by atoms with van der Waals surface area (Å²) >= 11 is 6.12. The maximum atomic E-state index is 6.12. The van der Waals surface area contributed by atoms with E-state index < -0.39 is 0 Å². The highest BCUT2D eigenvalue weighted by atomic mass is 35.5. The first-order valence-corrected chi connectivity index (χ1v) is 6.27. The summed E-state index contributed by atoms with van der Waals surface area (Å²) in [5.74, 6) is 0. The van der Waals surface area contributed by atoms with Crippen LogP contribution in [-0.4, -0.2) is 9.78 Å². The SMILES string of the molecule is Cc1cc2c(cnn2Cc2ccccc2)cc1Cl. The van der Waals surface area contributed by atoms with Crippen LogP contribution in [0.3, 0.4) is 0 Å². The van der Waals surface area contributed by atoms with Gasteiger partial charge in [0.2, 0.25) is 0 Å². The van der Waals surface area contributed by atoms with Crippen LogP contribution in [0.25, 0.3) is 10.9 Å². The minimum Gasteiger partial charge on any atom is -0.260 e. The molecule has 0 saturated heterocycles. The Hall–Kier alpha value is -1.80. The summed E-state index contributed by atoms with van der Waals surface area (Å²) in [5, 5.41) is 6.31. The molecule has 3 heteroatoms. The second kappa shape index (κ2) is 4.46. The Morgan fingerprint density at radius 1 is 1.17 bits per heavy atom. The molecule has 0 radical (unpaired) electrons. The third-order valence-corrected chi connectivity index (χ3v) is 3.50. The van der Waals surface area contributed by atoms with Crippen molar-refractivity contribution >= 4 is 22.5 Å². The lowest BCUT2D eigenvalue weighted by Gasteiger charge is -2.05. The van der Waals surface area contributed by atoms with Crippen molar-refractivity contribution < 1.29 is 0 Å². The monoisotopic (exact) mass is 256 g/mol. The lowest BCUT2D eigenvalue weighted by Crippen LogP contribution is -2.01. The first-order chi connectivity index (χ1) is 8.74. The van der Waals surface area contributed by atoms with Crippen LogP contribution in [0.4, 0.5) is 0 Å². The van der Waals surface area contributed by atoms with Crippen molar-refractivity contribution in [1.29, 1.82) is 0 Å². The molecule has 18 heavy (non-hydrogen) atoms. The van der Waals surface area contributed by atoms with Crippen molar-refractivity contribution in [2.75, 3.05) is 0 Å². The Morgan fingerprint density at radius 3 is 2.72 bits per heavy atom. The van der Waals surface area contributed by atoms with Crippen molar-refractivity contribution in [2.45, 2.75) is 13.5 Å². The van der Waals surface area contributed by atoms with Gasteiger partial charge in [-0.3, -0.25) is 4.68 Å². The van der Waals surface area contributed by atoms with Crippen molar-refractivity contribution in [3.63, 3.8) is 0 Å². The molecule has 0 spiro atoms. The van der Waals surface area contributed by atoms with Crippen molar-refractivity contribution in [3.8, 4) is 0 Å². The smallest absolute Gasteiger partial charge is 0.0690 e. The van der Waals surface area contributed by atoms with Gasteiger partial charge in [0.1, 0.15) is 0 Å². The number of nitrogens with zero attached hydrogens (tertiary/aromatic N) is 2. The van der Waals surface area contributed by atoms with Crippen LogP contribution in [0.1, 0.15) is 11.1 Å². The Kier molecular flexibility index (Phi) is 2.80. The third-order valence-electron chi connectivity index (χ3n) is 3.10. The first-order valence-electron chi connectivity index (χ1n) is 5.89. The summed E-state index contributed by atoms with van der Waals surface area (Å²) < 4.78 is 2.01. The summed E-state index contributed by atoms with van der Waals surface area (Å²) in [7, 11) is 0. The van der Waals surface area contributed by atoms with Gasteiger partial charge in [-0.25, -0.2) is 0 Å². The maximum absolute atomic E-state index is 6.12. The van der Waals surface area contributed by atoms with E-state index in [4.69, 9.17) is 11.6 Å². The molecule has 0 aliphatic rings. The molecule has 2 nitrogen and oxygen atoms in total. The molecular formula is C15H13ClN2. The zero-order chi connectivity index (χ0) is 12.5. The van der Waals surface area contributed by atoms with Crippen molar-refractivity contribution in [2.24, 2.45) is 0 Å². The molecule has 2 aromatic carbocycles. The molecule has 0 atom stereocenters. The summed E-state index contributed by atoms with van der Waals surface area (Å²) in [6.45, 7) is 2.80. The average Bonchev–Trinajstić information content (AvgIpc) is 2.74. The Bertz CT molecular complexity index is 686. The minimum atomic E-state index is 0.783. The summed E-state index contributed by atoms with van der Waals surface area (Å²) in [6.07, 6.45) is 1.86. The molecule has 1 aromatic heterocycles. The molecule has 1 heterocycles. The molecule has 0 bridgehead atoms. The number of aryl methyl sites for hydroxylation is 1. The molecule has 0 unspecified atom stereocenters. The lowest BCUT2D eigenvalue weighted by atomic mass is 10.2. The standard InChI is InChI=1S/C15H13ClN2/c1-11-7-15-13(8-14(11)16)9-17-18(15)10-12-5-3-2-4-6-12/h2-9H,10H2,1H3. The molecule has 90 valence electrons. The van der Waals surface area contributed by atoms with Crippen LogP contribution in [0, 0.1) is 6.92 Å². The zero-order valence-electron chi connectivity index (χ0n) is 10.1. The van der Waals surface area contributed by atoms with Gasteiger partial charge >= 0.3 is 0 Å². The molecular weight excluding hydrogens is 244 g/mol. The van der Waals surface area contributed by atoms with Gasteiger partial charge in [0.25, 0.3) is 0 Å². The minimum absolute atomic E-state index is 0.783. The van der Waals surface area contributed by atoms with Gasteiger partial charge < -0.3 is 0 Å². The van der Waals surface area contributed by atoms with Crippen LogP contribution in [-0.2, 0) is 6.54 Å². The summed E-state index contributed by atoms with van der Waals surface area (Å²) in [6, 6.07) is 14.4. The van der Waals surface area contributed by atoms with Gasteiger partial charge in [-0.1, -0.05) is 41.9 Å². The van der Waals surface area contributed by atoms with E-state index in [1.165, 1.54) is 5.56 Å². The highest BCUT2D eigenvalue weighted by Gasteiger charge is 2.06. The second-order valence-corrected chi connectivity index (χ2v) is 4.86. The zero-order valence-corrected chi connectivity index (χ0v) is 10.9. The number of rotatable bonds is 2. The van der Waals surface area contributed by atoms with Crippen molar-refractivity contribution in [1.82, 2.24) is 9.78 Å². The predicted molar refractivity (Wildman–Crippen MR) is 75.0 cm³/mol. The summed E-state index contributed by atoms with van der Waals surface area (Å²) in [4.78, 5) is 0. The number of benzene rings is 2. The van der Waals surface area contributed by atoms with Crippen LogP contribution < -0.4 is 0 Å². The van der Waals surface area contributed by atoms with Crippen molar-refractivity contribution in [3.05, 3.63) is 64.8 Å². The highest BCUT2D eigenvalue weighted by Crippen LogP contribution is 2.23. The third kappa shape index (κ3) is 2.00. The lowest BCUT2D eigenvalue weighted by molar-refractivity contribution is 0.712. The van der Waals surface area contributed by atoms with E-state index in [9.17, 15) is 0 Å². The largest absolute Gasteiger partial charge is 0.260 e. The molecule has 0 fully saturated rings. The number of hydrogen-bond donors (Lipinski definition) is 0. The maximum Gasteiger partial charge on any atom is 0.0690 e. The van der Waals surface area contributed by atoms with Gasteiger partial charge in [-0.05, 0) is 30.2 Å². The van der Waals surface area contributed by atoms with E-state index in [0.717, 1.165) is 28.0 Å². The molecule has 0 aliphatic heterocycles. The molecule has 0 saturated carbocycles. The fraction of sp³-hybridized carbons (Fsp3) is 0.133. The molecule has 3 rings (SSSR count). The fourth-order valence-corrected chi connectivity index (χ4v) is 2.26. The molecule has 0 amide bonds. The number of aromatic nitrogens is 2. The van der Waals surface area contributed by atoms with E-state index in [1.54, 1.807) is 0 Å².